The van der Waals surface area contributed by atoms with Crippen molar-refractivity contribution in [1.82, 2.24) is 0 Å². The summed E-state index contributed by atoms with van der Waals surface area (Å²) in [5.74, 6) is 1.12. The Balaban J connectivity index is 2.64. The first-order chi connectivity index (χ1) is 6.51. The van der Waals surface area contributed by atoms with E-state index in [1.807, 2.05) is 11.8 Å². The van der Waals surface area contributed by atoms with Crippen LogP contribution in [-0.4, -0.2) is 6.26 Å². The molecule has 78 valence electrons. The van der Waals surface area contributed by atoms with Crippen molar-refractivity contribution in [3.63, 3.8) is 0 Å². The molecule has 0 heterocycles. The lowest BCUT2D eigenvalue weighted by molar-refractivity contribution is 0.411. The summed E-state index contributed by atoms with van der Waals surface area (Å²) in [7, 11) is 0. The van der Waals surface area contributed by atoms with E-state index < -0.39 is 0 Å². The maximum absolute atomic E-state index is 2.28. The zero-order chi connectivity index (χ0) is 10.6. The fraction of sp³-hybridized carbons (Fsp3) is 0.538. The molecule has 0 saturated carbocycles. The minimum Gasteiger partial charge on any atom is -0.161 e. The Labute approximate surface area is 92.1 Å². The Bertz CT molecular complexity index is 266. The van der Waals surface area contributed by atoms with E-state index in [1.165, 1.54) is 11.1 Å². The van der Waals surface area contributed by atoms with Crippen LogP contribution in [-0.2, 0) is 12.2 Å². The molecule has 1 aromatic rings. The largest absolute Gasteiger partial charge is 0.161 e. The van der Waals surface area contributed by atoms with Crippen LogP contribution in [0.25, 0.3) is 0 Å². The molecule has 0 spiro atoms. The van der Waals surface area contributed by atoms with Gasteiger partial charge < -0.3 is 0 Å². The normalized spacial score (nSPS) is 11.7. The summed E-state index contributed by atoms with van der Waals surface area (Å²) in [5.41, 5.74) is 3.26. The Morgan fingerprint density at radius 3 is 1.93 bits per heavy atom. The highest BCUT2D eigenvalue weighted by atomic mass is 32.2. The molecule has 0 fully saturated rings. The van der Waals surface area contributed by atoms with E-state index in [0.29, 0.717) is 5.41 Å². The molecule has 0 saturated heterocycles. The number of hydrogen-bond donors (Lipinski definition) is 0. The molecule has 0 aliphatic carbocycles. The maximum Gasteiger partial charge on any atom is 0.0181 e. The van der Waals surface area contributed by atoms with E-state index in [2.05, 4.69) is 51.3 Å². The van der Waals surface area contributed by atoms with Gasteiger partial charge in [-0.2, -0.15) is 11.8 Å². The molecule has 0 aliphatic rings. The quantitative estimate of drug-likeness (QED) is 0.719. The van der Waals surface area contributed by atoms with Crippen LogP contribution in [0.5, 0.6) is 0 Å². The summed E-state index contributed by atoms with van der Waals surface area (Å²) >= 11 is 1.87. The van der Waals surface area contributed by atoms with Gasteiger partial charge in [-0.05, 0) is 29.2 Å². The van der Waals surface area contributed by atoms with Crippen LogP contribution in [0, 0.1) is 5.41 Å². The number of hydrogen-bond acceptors (Lipinski definition) is 1. The molecule has 0 aliphatic heterocycles. The highest BCUT2D eigenvalue weighted by Gasteiger charge is 2.10. The van der Waals surface area contributed by atoms with E-state index >= 15 is 0 Å². The lowest BCUT2D eigenvalue weighted by Gasteiger charge is -2.18. The van der Waals surface area contributed by atoms with Crippen molar-refractivity contribution in [2.24, 2.45) is 5.41 Å². The minimum atomic E-state index is 0.390. The van der Waals surface area contributed by atoms with Crippen LogP contribution in [0.2, 0.25) is 0 Å². The van der Waals surface area contributed by atoms with Gasteiger partial charge in [0.05, 0.1) is 0 Å². The van der Waals surface area contributed by atoms with Gasteiger partial charge in [0.15, 0.2) is 0 Å². The highest BCUT2D eigenvalue weighted by Crippen LogP contribution is 2.21. The molecule has 0 aromatic heterocycles. The molecule has 1 aromatic carbocycles. The van der Waals surface area contributed by atoms with Crippen molar-refractivity contribution in [1.29, 1.82) is 0 Å². The third-order valence-electron chi connectivity index (χ3n) is 2.07. The molecule has 0 nitrogen and oxygen atoms in total. The number of benzene rings is 1. The average molecular weight is 208 g/mol. The SMILES string of the molecule is CSCc1ccc(CC(C)(C)C)cc1. The summed E-state index contributed by atoms with van der Waals surface area (Å²) < 4.78 is 0. The first kappa shape index (κ1) is 11.6. The van der Waals surface area contributed by atoms with Crippen LogP contribution in [0.4, 0.5) is 0 Å². The Hall–Kier alpha value is -0.430. The fourth-order valence-corrected chi connectivity index (χ4v) is 2.06. The first-order valence-corrected chi connectivity index (χ1v) is 6.47. The van der Waals surface area contributed by atoms with Crippen molar-refractivity contribution in [2.75, 3.05) is 6.26 Å². The molecule has 0 amide bonds. The van der Waals surface area contributed by atoms with Gasteiger partial charge >= 0.3 is 0 Å². The van der Waals surface area contributed by atoms with Crippen LogP contribution >= 0.6 is 11.8 Å². The maximum atomic E-state index is 2.28. The summed E-state index contributed by atoms with van der Waals surface area (Å²) in [5, 5.41) is 0. The second kappa shape index (κ2) is 4.88. The molecule has 1 heteroatoms. The van der Waals surface area contributed by atoms with Crippen LogP contribution in [0.3, 0.4) is 0 Å². The highest BCUT2D eigenvalue weighted by molar-refractivity contribution is 7.97. The third kappa shape index (κ3) is 4.19. The van der Waals surface area contributed by atoms with Gasteiger partial charge in [0.25, 0.3) is 0 Å². The van der Waals surface area contributed by atoms with Gasteiger partial charge in [-0.3, -0.25) is 0 Å². The van der Waals surface area contributed by atoms with E-state index in [1.54, 1.807) is 0 Å². The average Bonchev–Trinajstić information content (AvgIpc) is 2.06. The monoisotopic (exact) mass is 208 g/mol. The van der Waals surface area contributed by atoms with Crippen LogP contribution in [0.1, 0.15) is 31.9 Å². The van der Waals surface area contributed by atoms with Gasteiger partial charge in [-0.1, -0.05) is 45.0 Å². The lowest BCUT2D eigenvalue weighted by atomic mass is 9.88. The van der Waals surface area contributed by atoms with E-state index in [9.17, 15) is 0 Å². The van der Waals surface area contributed by atoms with Gasteiger partial charge in [0.1, 0.15) is 0 Å². The smallest absolute Gasteiger partial charge is 0.0181 e. The molecular formula is C13H20S. The Morgan fingerprint density at radius 1 is 1.00 bits per heavy atom. The van der Waals surface area contributed by atoms with E-state index in [4.69, 9.17) is 0 Å². The van der Waals surface area contributed by atoms with Crippen molar-refractivity contribution >= 4 is 11.8 Å². The standard InChI is InChI=1S/C13H20S/c1-13(2,3)9-11-5-7-12(8-6-11)10-14-4/h5-8H,9-10H2,1-4H3. The predicted octanol–water partition coefficient (Wildman–Crippen LogP) is 4.14. The summed E-state index contributed by atoms with van der Waals surface area (Å²) in [6, 6.07) is 9.02. The van der Waals surface area contributed by atoms with E-state index in [-0.39, 0.29) is 0 Å². The molecule has 0 atom stereocenters. The van der Waals surface area contributed by atoms with Gasteiger partial charge in [-0.15, -0.1) is 0 Å². The predicted molar refractivity (Wildman–Crippen MR) is 66.8 cm³/mol. The fourth-order valence-electron chi connectivity index (χ4n) is 1.53. The zero-order valence-corrected chi connectivity index (χ0v) is 10.4. The third-order valence-corrected chi connectivity index (χ3v) is 2.69. The van der Waals surface area contributed by atoms with E-state index in [0.717, 1.165) is 12.2 Å². The zero-order valence-electron chi connectivity index (χ0n) is 9.63. The number of rotatable bonds is 3. The van der Waals surface area contributed by atoms with Crippen LogP contribution < -0.4 is 0 Å². The van der Waals surface area contributed by atoms with Crippen molar-refractivity contribution in [2.45, 2.75) is 32.9 Å². The van der Waals surface area contributed by atoms with Gasteiger partial charge in [0, 0.05) is 5.75 Å². The molecule has 0 bridgehead atoms. The Morgan fingerprint density at radius 2 is 1.50 bits per heavy atom. The second-order valence-electron chi connectivity index (χ2n) is 4.99. The summed E-state index contributed by atoms with van der Waals surface area (Å²) in [6.45, 7) is 6.84. The first-order valence-electron chi connectivity index (χ1n) is 5.08. The molecule has 1 rings (SSSR count). The summed E-state index contributed by atoms with van der Waals surface area (Å²) in [4.78, 5) is 0. The van der Waals surface area contributed by atoms with Gasteiger partial charge in [-0.25, -0.2) is 0 Å². The molecule has 0 N–H and O–H groups in total. The lowest BCUT2D eigenvalue weighted by Crippen LogP contribution is -2.08. The molecule has 14 heavy (non-hydrogen) atoms. The van der Waals surface area contributed by atoms with Crippen LogP contribution in [0.15, 0.2) is 24.3 Å². The topological polar surface area (TPSA) is 0 Å². The minimum absolute atomic E-state index is 0.390. The molecule has 0 radical (unpaired) electrons. The molecular weight excluding hydrogens is 188 g/mol. The second-order valence-corrected chi connectivity index (χ2v) is 5.85. The number of thioether (sulfide) groups is 1. The van der Waals surface area contributed by atoms with Crippen molar-refractivity contribution in [3.05, 3.63) is 35.4 Å². The van der Waals surface area contributed by atoms with Crippen molar-refractivity contribution in [3.8, 4) is 0 Å². The van der Waals surface area contributed by atoms with Gasteiger partial charge in [0.2, 0.25) is 0 Å². The summed E-state index contributed by atoms with van der Waals surface area (Å²) in [6.07, 6.45) is 3.30. The Kier molecular flexibility index (Phi) is 4.06. The molecule has 0 unspecified atom stereocenters. The van der Waals surface area contributed by atoms with Crippen molar-refractivity contribution < 1.29 is 0 Å².